The first-order valence-corrected chi connectivity index (χ1v) is 9.94. The Morgan fingerprint density at radius 1 is 1.20 bits per heavy atom. The van der Waals surface area contributed by atoms with Crippen LogP contribution < -0.4 is 15.0 Å². The minimum Gasteiger partial charge on any atom is -0.488 e. The van der Waals surface area contributed by atoms with Gasteiger partial charge in [-0.1, -0.05) is 30.3 Å². The molecule has 0 spiro atoms. The molecule has 1 aromatic heterocycles. The van der Waals surface area contributed by atoms with Gasteiger partial charge in [0.2, 0.25) is 0 Å². The fraction of sp³-hybridized carbons (Fsp3) is 0.261. The standard InChI is InChI=1S/C23H24N4O3/c1-17-15-29-12-11-27(17)20-7-8-22(30-16-18-5-3-2-4-6-18)21(13-20)23(28)26-19-9-10-24-25-14-19/h2-10,13-14,17H,11-12,15-16H2,1H3,(H,24,26,28)/t17-/m1/s1. The molecule has 0 aliphatic carbocycles. The molecule has 1 aliphatic rings. The third-order valence-corrected chi connectivity index (χ3v) is 4.99. The smallest absolute Gasteiger partial charge is 0.259 e. The van der Waals surface area contributed by atoms with Gasteiger partial charge in [0.1, 0.15) is 12.4 Å². The van der Waals surface area contributed by atoms with Gasteiger partial charge in [-0.3, -0.25) is 4.79 Å². The first-order chi connectivity index (χ1) is 14.7. The van der Waals surface area contributed by atoms with Crippen molar-refractivity contribution in [3.8, 4) is 5.75 Å². The molecule has 0 unspecified atom stereocenters. The van der Waals surface area contributed by atoms with Crippen LogP contribution in [-0.2, 0) is 11.3 Å². The molecule has 0 saturated carbocycles. The maximum Gasteiger partial charge on any atom is 0.259 e. The highest BCUT2D eigenvalue weighted by atomic mass is 16.5. The van der Waals surface area contributed by atoms with Crippen molar-refractivity contribution < 1.29 is 14.3 Å². The molecule has 2 aromatic carbocycles. The van der Waals surface area contributed by atoms with Gasteiger partial charge in [0, 0.05) is 18.3 Å². The number of anilines is 2. The van der Waals surface area contributed by atoms with Crippen molar-refractivity contribution in [2.45, 2.75) is 19.6 Å². The van der Waals surface area contributed by atoms with E-state index in [1.165, 1.54) is 12.4 Å². The second-order valence-electron chi connectivity index (χ2n) is 7.16. The molecule has 2 heterocycles. The summed E-state index contributed by atoms with van der Waals surface area (Å²) in [7, 11) is 0. The fourth-order valence-electron chi connectivity index (χ4n) is 3.41. The van der Waals surface area contributed by atoms with Crippen molar-refractivity contribution in [2.24, 2.45) is 0 Å². The third kappa shape index (κ3) is 4.75. The predicted molar refractivity (Wildman–Crippen MR) is 115 cm³/mol. The number of hydrogen-bond donors (Lipinski definition) is 1. The highest BCUT2D eigenvalue weighted by molar-refractivity contribution is 6.06. The number of ether oxygens (including phenoxy) is 2. The van der Waals surface area contributed by atoms with Gasteiger partial charge in [0.25, 0.3) is 5.91 Å². The molecule has 1 saturated heterocycles. The summed E-state index contributed by atoms with van der Waals surface area (Å²) in [4.78, 5) is 15.3. The summed E-state index contributed by atoms with van der Waals surface area (Å²) in [6.07, 6.45) is 3.05. The lowest BCUT2D eigenvalue weighted by atomic mass is 10.1. The fourth-order valence-corrected chi connectivity index (χ4v) is 3.41. The average molecular weight is 404 g/mol. The van der Waals surface area contributed by atoms with E-state index in [1.807, 2.05) is 48.5 Å². The number of nitrogens with one attached hydrogen (secondary N) is 1. The predicted octanol–water partition coefficient (Wildman–Crippen LogP) is 3.53. The van der Waals surface area contributed by atoms with E-state index in [0.29, 0.717) is 36.8 Å². The zero-order valence-corrected chi connectivity index (χ0v) is 16.8. The average Bonchev–Trinajstić information content (AvgIpc) is 2.79. The summed E-state index contributed by atoms with van der Waals surface area (Å²) in [6.45, 7) is 4.60. The normalized spacial score (nSPS) is 16.2. The molecule has 7 nitrogen and oxygen atoms in total. The number of morpholine rings is 1. The van der Waals surface area contributed by atoms with Gasteiger partial charge in [-0.2, -0.15) is 10.2 Å². The van der Waals surface area contributed by atoms with Crippen LogP contribution in [0.25, 0.3) is 0 Å². The molecule has 4 rings (SSSR count). The quantitative estimate of drug-likeness (QED) is 0.677. The number of carbonyl (C=O) groups excluding carboxylic acids is 1. The van der Waals surface area contributed by atoms with Crippen LogP contribution in [0, 0.1) is 0 Å². The molecule has 30 heavy (non-hydrogen) atoms. The number of amides is 1. The van der Waals surface area contributed by atoms with E-state index < -0.39 is 0 Å². The van der Waals surface area contributed by atoms with E-state index in [0.717, 1.165) is 17.8 Å². The number of hydrogen-bond acceptors (Lipinski definition) is 6. The summed E-state index contributed by atoms with van der Waals surface area (Å²) in [5.74, 6) is 0.275. The van der Waals surface area contributed by atoms with Gasteiger partial charge in [-0.25, -0.2) is 0 Å². The van der Waals surface area contributed by atoms with Gasteiger partial charge >= 0.3 is 0 Å². The molecular formula is C23H24N4O3. The minimum absolute atomic E-state index is 0.232. The SMILES string of the molecule is C[C@@H]1COCCN1c1ccc(OCc2ccccc2)c(C(=O)Nc2ccnnc2)c1. The number of carbonyl (C=O) groups is 1. The van der Waals surface area contributed by atoms with Gasteiger partial charge < -0.3 is 19.7 Å². The van der Waals surface area contributed by atoms with E-state index >= 15 is 0 Å². The molecule has 1 fully saturated rings. The number of benzene rings is 2. The molecule has 7 heteroatoms. The van der Waals surface area contributed by atoms with Crippen molar-refractivity contribution in [3.63, 3.8) is 0 Å². The zero-order valence-electron chi connectivity index (χ0n) is 16.8. The summed E-state index contributed by atoms with van der Waals surface area (Å²) >= 11 is 0. The zero-order chi connectivity index (χ0) is 20.8. The largest absolute Gasteiger partial charge is 0.488 e. The van der Waals surface area contributed by atoms with Crippen LogP contribution in [0.5, 0.6) is 5.75 Å². The molecule has 1 atom stereocenters. The maximum absolute atomic E-state index is 13.1. The van der Waals surface area contributed by atoms with Crippen LogP contribution in [0.15, 0.2) is 67.0 Å². The van der Waals surface area contributed by atoms with Crippen LogP contribution in [0.1, 0.15) is 22.8 Å². The van der Waals surface area contributed by atoms with Crippen molar-refractivity contribution >= 4 is 17.3 Å². The second-order valence-corrected chi connectivity index (χ2v) is 7.16. The van der Waals surface area contributed by atoms with Crippen LogP contribution in [0.2, 0.25) is 0 Å². The third-order valence-electron chi connectivity index (χ3n) is 4.99. The summed E-state index contributed by atoms with van der Waals surface area (Å²) in [5, 5.41) is 10.4. The van der Waals surface area contributed by atoms with Crippen LogP contribution in [0.3, 0.4) is 0 Å². The molecule has 0 radical (unpaired) electrons. The van der Waals surface area contributed by atoms with E-state index in [1.54, 1.807) is 6.07 Å². The van der Waals surface area contributed by atoms with Gasteiger partial charge in [-0.05, 0) is 36.8 Å². The van der Waals surface area contributed by atoms with Crippen molar-refractivity contribution in [1.29, 1.82) is 0 Å². The van der Waals surface area contributed by atoms with E-state index in [2.05, 4.69) is 27.3 Å². The van der Waals surface area contributed by atoms with E-state index in [9.17, 15) is 4.79 Å². The molecule has 1 aliphatic heterocycles. The lowest BCUT2D eigenvalue weighted by molar-refractivity contribution is 0.0988. The Morgan fingerprint density at radius 3 is 2.83 bits per heavy atom. The first kappa shape index (κ1) is 19.8. The van der Waals surface area contributed by atoms with Gasteiger partial charge in [-0.15, -0.1) is 0 Å². The monoisotopic (exact) mass is 404 g/mol. The number of nitrogens with zero attached hydrogens (tertiary/aromatic N) is 3. The summed E-state index contributed by atoms with van der Waals surface area (Å²) < 4.78 is 11.6. The topological polar surface area (TPSA) is 76.6 Å². The Balaban J connectivity index is 1.61. The molecular weight excluding hydrogens is 380 g/mol. The summed E-state index contributed by atoms with van der Waals surface area (Å²) in [6, 6.07) is 17.5. The van der Waals surface area contributed by atoms with Crippen LogP contribution in [0.4, 0.5) is 11.4 Å². The molecule has 0 bridgehead atoms. The van der Waals surface area contributed by atoms with E-state index in [4.69, 9.17) is 9.47 Å². The van der Waals surface area contributed by atoms with Crippen molar-refractivity contribution in [3.05, 3.63) is 78.1 Å². The maximum atomic E-state index is 13.1. The lowest BCUT2D eigenvalue weighted by Crippen LogP contribution is -2.43. The minimum atomic E-state index is -0.256. The Kier molecular flexibility index (Phi) is 6.20. The highest BCUT2D eigenvalue weighted by Gasteiger charge is 2.22. The number of rotatable bonds is 6. The van der Waals surface area contributed by atoms with Gasteiger partial charge in [0.05, 0.1) is 36.9 Å². The van der Waals surface area contributed by atoms with Crippen molar-refractivity contribution in [2.75, 3.05) is 30.0 Å². The lowest BCUT2D eigenvalue weighted by Gasteiger charge is -2.35. The Hall–Kier alpha value is -3.45. The Bertz CT molecular complexity index is 982. The molecule has 1 amide bonds. The molecule has 3 aromatic rings. The van der Waals surface area contributed by atoms with Gasteiger partial charge in [0.15, 0.2) is 0 Å². The Morgan fingerprint density at radius 2 is 2.07 bits per heavy atom. The highest BCUT2D eigenvalue weighted by Crippen LogP contribution is 2.29. The molecule has 1 N–H and O–H groups in total. The molecule has 154 valence electrons. The van der Waals surface area contributed by atoms with Crippen molar-refractivity contribution in [1.82, 2.24) is 10.2 Å². The first-order valence-electron chi connectivity index (χ1n) is 9.94. The van der Waals surface area contributed by atoms with E-state index in [-0.39, 0.29) is 11.9 Å². The second kappa shape index (κ2) is 9.37. The van der Waals surface area contributed by atoms with Crippen LogP contribution in [-0.4, -0.2) is 41.9 Å². The Labute approximate surface area is 175 Å². The van der Waals surface area contributed by atoms with Crippen LogP contribution >= 0.6 is 0 Å². The summed E-state index contributed by atoms with van der Waals surface area (Å²) in [5.41, 5.74) is 3.05. The number of aromatic nitrogens is 2.